The third-order valence-corrected chi connectivity index (χ3v) is 9.18. The van der Waals surface area contributed by atoms with Crippen LogP contribution in [0.15, 0.2) is 25.3 Å². The maximum atomic E-state index is 13.2. The first-order valence-corrected chi connectivity index (χ1v) is 15.7. The highest BCUT2D eigenvalue weighted by atomic mass is 31.2. The van der Waals surface area contributed by atoms with Crippen molar-refractivity contribution >= 4 is 49.6 Å². The smallest absolute Gasteiger partial charge is 0.387 e. The molecular formula is C20H24N10O11P2. The van der Waals surface area contributed by atoms with Gasteiger partial charge < -0.3 is 35.8 Å². The van der Waals surface area contributed by atoms with Gasteiger partial charge in [0.15, 0.2) is 29.2 Å². The van der Waals surface area contributed by atoms with Crippen molar-refractivity contribution in [1.82, 2.24) is 39.0 Å². The van der Waals surface area contributed by atoms with E-state index in [0.29, 0.717) is 11.2 Å². The molecule has 3 saturated heterocycles. The lowest BCUT2D eigenvalue weighted by Crippen LogP contribution is -2.35. The van der Waals surface area contributed by atoms with Crippen molar-refractivity contribution in [2.24, 2.45) is 0 Å². The minimum atomic E-state index is -4.95. The molecule has 21 nitrogen and oxygen atoms in total. The van der Waals surface area contributed by atoms with Crippen LogP contribution < -0.4 is 11.5 Å². The van der Waals surface area contributed by atoms with E-state index < -0.39 is 71.8 Å². The molecule has 230 valence electrons. The van der Waals surface area contributed by atoms with Crippen molar-refractivity contribution in [3.05, 3.63) is 25.3 Å². The van der Waals surface area contributed by atoms with Crippen molar-refractivity contribution in [1.29, 1.82) is 0 Å². The van der Waals surface area contributed by atoms with E-state index in [9.17, 15) is 24.0 Å². The number of phosphoric acid groups is 2. The summed E-state index contributed by atoms with van der Waals surface area (Å²) in [5.41, 5.74) is 12.7. The normalized spacial score (nSPS) is 37.1. The summed E-state index contributed by atoms with van der Waals surface area (Å²) in [6, 6.07) is 0. The van der Waals surface area contributed by atoms with Crippen molar-refractivity contribution in [3.63, 3.8) is 0 Å². The van der Waals surface area contributed by atoms with Crippen LogP contribution in [0.25, 0.3) is 22.3 Å². The number of aromatic nitrogens is 8. The molecule has 0 spiro atoms. The number of aliphatic hydroxyl groups excluding tert-OH is 1. The van der Waals surface area contributed by atoms with Crippen molar-refractivity contribution in [2.75, 3.05) is 24.7 Å². The molecule has 2 bridgehead atoms. The number of nitrogen functional groups attached to an aromatic ring is 2. The Labute approximate surface area is 239 Å². The number of anilines is 2. The van der Waals surface area contributed by atoms with Gasteiger partial charge in [0, 0.05) is 6.42 Å². The van der Waals surface area contributed by atoms with E-state index in [-0.39, 0.29) is 29.2 Å². The summed E-state index contributed by atoms with van der Waals surface area (Å²) in [6.07, 6.45) is -4.04. The summed E-state index contributed by atoms with van der Waals surface area (Å²) >= 11 is 0. The van der Waals surface area contributed by atoms with Crippen LogP contribution in [0.2, 0.25) is 0 Å². The number of rotatable bonds is 2. The number of nitrogens with zero attached hydrogens (tertiary/aromatic N) is 8. The Hall–Kier alpha value is -3.20. The molecule has 23 heteroatoms. The molecule has 0 saturated carbocycles. The summed E-state index contributed by atoms with van der Waals surface area (Å²) in [7, 11) is -9.77. The number of aliphatic hydroxyl groups is 1. The zero-order valence-electron chi connectivity index (χ0n) is 21.7. The molecule has 0 aliphatic carbocycles. The highest BCUT2D eigenvalue weighted by Gasteiger charge is 2.52. The Morgan fingerprint density at radius 3 is 2.02 bits per heavy atom. The van der Waals surface area contributed by atoms with E-state index in [4.69, 9.17) is 39.0 Å². The van der Waals surface area contributed by atoms with Crippen molar-refractivity contribution < 1.29 is 51.6 Å². The zero-order valence-corrected chi connectivity index (χ0v) is 23.5. The first-order chi connectivity index (χ1) is 20.5. The van der Waals surface area contributed by atoms with Crippen molar-refractivity contribution in [3.8, 4) is 0 Å². The first-order valence-electron chi connectivity index (χ1n) is 12.7. The lowest BCUT2D eigenvalue weighted by atomic mass is 10.1. The molecule has 9 atom stereocenters. The molecule has 7 heterocycles. The van der Waals surface area contributed by atoms with Gasteiger partial charge in [-0.3, -0.25) is 27.2 Å². The van der Waals surface area contributed by atoms with Gasteiger partial charge in [0.05, 0.1) is 25.9 Å². The SMILES string of the molecule is Nc1ncnc2c1ncn2[C@@H]1O[C@@H]2COP(=O)(O)O[C@H]3C[C@H](n4cnc5c(N)ncnc54)O[C@@H]3COP(=O)(O)O[C@@H]1[C@@H]2O. The zero-order chi connectivity index (χ0) is 30.1. The molecule has 2 unspecified atom stereocenters. The van der Waals surface area contributed by atoms with Crippen LogP contribution in [0.4, 0.5) is 11.6 Å². The van der Waals surface area contributed by atoms with E-state index >= 15 is 0 Å². The monoisotopic (exact) mass is 642 g/mol. The molecular weight excluding hydrogens is 618 g/mol. The number of phosphoric ester groups is 2. The molecule has 7 N–H and O–H groups in total. The van der Waals surface area contributed by atoms with Gasteiger partial charge in [0.1, 0.15) is 60.4 Å². The predicted octanol–water partition coefficient (Wildman–Crippen LogP) is -0.606. The van der Waals surface area contributed by atoms with Gasteiger partial charge in [-0.1, -0.05) is 0 Å². The fourth-order valence-electron chi connectivity index (χ4n) is 5.18. The van der Waals surface area contributed by atoms with Crippen LogP contribution in [0.1, 0.15) is 18.9 Å². The van der Waals surface area contributed by atoms with Gasteiger partial charge in [-0.15, -0.1) is 0 Å². The number of nitrogens with two attached hydrogens (primary N) is 2. The highest BCUT2D eigenvalue weighted by Crippen LogP contribution is 2.53. The molecule has 43 heavy (non-hydrogen) atoms. The first kappa shape index (κ1) is 28.6. The lowest BCUT2D eigenvalue weighted by molar-refractivity contribution is -0.0670. The number of imidazole rings is 2. The van der Waals surface area contributed by atoms with E-state index in [1.807, 2.05) is 0 Å². The highest BCUT2D eigenvalue weighted by molar-refractivity contribution is 7.47. The standard InChI is InChI=1S/C20H24N10O11P2/c21-16-12-18(25-4-23-16)29(6-27-12)11-1-8-9(38-11)2-36-43(34,35)41-15-14(31)10(3-37-42(32,33)40-8)39-20(15)30-7-28-13-17(22)24-5-26-19(13)30/h4-11,14-15,20,31H,1-3H2,(H,32,33)(H,34,35)(H2,21,23,25)(H2,22,24,26)/t8-,9+,10+,11+,14+,15+,20+/m0/s1. The third kappa shape index (κ3) is 5.17. The van der Waals surface area contributed by atoms with Gasteiger partial charge in [0.25, 0.3) is 0 Å². The average Bonchev–Trinajstić information content (AvgIpc) is 3.72. The second-order valence-corrected chi connectivity index (χ2v) is 12.6. The molecule has 4 aromatic rings. The van der Waals surface area contributed by atoms with E-state index in [1.54, 1.807) is 0 Å². The van der Waals surface area contributed by atoms with Crippen molar-refractivity contribution in [2.45, 2.75) is 49.4 Å². The Bertz CT molecular complexity index is 1790. The second-order valence-electron chi connectivity index (χ2n) is 9.83. The maximum absolute atomic E-state index is 13.2. The fourth-order valence-corrected chi connectivity index (χ4v) is 7.08. The summed E-state index contributed by atoms with van der Waals surface area (Å²) in [4.78, 5) is 45.6. The molecule has 0 radical (unpaired) electrons. The fraction of sp³-hybridized carbons (Fsp3) is 0.500. The minimum absolute atomic E-state index is 0.0418. The molecule has 4 aromatic heterocycles. The number of hydrogen-bond acceptors (Lipinski definition) is 17. The topological polar surface area (TPSA) is 289 Å². The summed E-state index contributed by atoms with van der Waals surface area (Å²) in [6.45, 7) is -1.30. The van der Waals surface area contributed by atoms with Gasteiger partial charge in [-0.25, -0.2) is 39.0 Å². The van der Waals surface area contributed by atoms with Crippen LogP contribution in [0.5, 0.6) is 0 Å². The third-order valence-electron chi connectivity index (χ3n) is 7.18. The molecule has 3 aliphatic heterocycles. The molecule has 7 rings (SSSR count). The maximum Gasteiger partial charge on any atom is 0.472 e. The quantitative estimate of drug-likeness (QED) is 0.170. The van der Waals surface area contributed by atoms with Crippen LogP contribution >= 0.6 is 15.6 Å². The minimum Gasteiger partial charge on any atom is -0.387 e. The van der Waals surface area contributed by atoms with Crippen LogP contribution in [0, 0.1) is 0 Å². The largest absolute Gasteiger partial charge is 0.472 e. The Morgan fingerprint density at radius 1 is 0.767 bits per heavy atom. The van der Waals surface area contributed by atoms with Gasteiger partial charge in [0.2, 0.25) is 0 Å². The molecule has 0 amide bonds. The Balaban J connectivity index is 1.18. The molecule has 0 aromatic carbocycles. The number of fused-ring (bicyclic) bond motifs is 5. The van der Waals surface area contributed by atoms with Crippen LogP contribution in [0.3, 0.4) is 0 Å². The summed E-state index contributed by atoms with van der Waals surface area (Å²) < 4.78 is 62.1. The average molecular weight is 642 g/mol. The Morgan fingerprint density at radius 2 is 1.35 bits per heavy atom. The lowest BCUT2D eigenvalue weighted by Gasteiger charge is -2.25. The predicted molar refractivity (Wildman–Crippen MR) is 139 cm³/mol. The number of ether oxygens (including phenoxy) is 2. The van der Waals surface area contributed by atoms with E-state index in [0.717, 1.165) is 0 Å². The second kappa shape index (κ2) is 10.5. The van der Waals surface area contributed by atoms with Crippen LogP contribution in [-0.4, -0.2) is 97.7 Å². The summed E-state index contributed by atoms with van der Waals surface area (Å²) in [5.74, 6) is 0.188. The van der Waals surface area contributed by atoms with Crippen LogP contribution in [-0.2, 0) is 36.7 Å². The summed E-state index contributed by atoms with van der Waals surface area (Å²) in [5, 5.41) is 11.0. The number of hydrogen-bond donors (Lipinski definition) is 5. The van der Waals surface area contributed by atoms with E-state index in [1.165, 1.54) is 34.4 Å². The Kier molecular flexibility index (Phi) is 6.95. The van der Waals surface area contributed by atoms with Gasteiger partial charge >= 0.3 is 15.6 Å². The molecule has 3 fully saturated rings. The molecule has 3 aliphatic rings. The van der Waals surface area contributed by atoms with E-state index in [2.05, 4.69) is 29.9 Å². The van der Waals surface area contributed by atoms with Gasteiger partial charge in [-0.05, 0) is 0 Å². The van der Waals surface area contributed by atoms with Gasteiger partial charge in [-0.2, -0.15) is 0 Å².